The molecule has 21 heavy (non-hydrogen) atoms. The van der Waals surface area contributed by atoms with Crippen molar-refractivity contribution in [2.24, 2.45) is 5.41 Å². The summed E-state index contributed by atoms with van der Waals surface area (Å²) in [6, 6.07) is 6.74. The minimum absolute atomic E-state index is 0.605. The maximum absolute atomic E-state index is 6.18. The Labute approximate surface area is 133 Å². The van der Waals surface area contributed by atoms with Crippen LogP contribution in [0.3, 0.4) is 0 Å². The van der Waals surface area contributed by atoms with Gasteiger partial charge in [0, 0.05) is 25.2 Å². The normalized spacial score (nSPS) is 21.7. The van der Waals surface area contributed by atoms with Crippen molar-refractivity contribution in [1.29, 1.82) is 0 Å². The highest BCUT2D eigenvalue weighted by molar-refractivity contribution is 6.31. The molecule has 2 saturated carbocycles. The molecule has 0 bridgehead atoms. The van der Waals surface area contributed by atoms with Gasteiger partial charge in [0.25, 0.3) is 0 Å². The fourth-order valence-corrected chi connectivity index (χ4v) is 4.41. The average Bonchev–Trinajstić information content (AvgIpc) is 2.90. The molecule has 1 spiro atoms. The number of nitrogens with zero attached hydrogens (tertiary/aromatic N) is 1. The molecule has 3 rings (SSSR count). The van der Waals surface area contributed by atoms with Crippen LogP contribution in [0.15, 0.2) is 18.2 Å². The van der Waals surface area contributed by atoms with E-state index in [1.165, 1.54) is 62.7 Å². The molecule has 0 atom stereocenters. The highest BCUT2D eigenvalue weighted by Gasteiger charge is 2.37. The monoisotopic (exact) mass is 306 g/mol. The largest absolute Gasteiger partial charge is 0.381 e. The Bertz CT molecular complexity index is 482. The molecule has 3 heteroatoms. The molecule has 0 amide bonds. The van der Waals surface area contributed by atoms with Crippen LogP contribution in [0.1, 0.15) is 51.4 Å². The zero-order valence-electron chi connectivity index (χ0n) is 13.3. The summed E-state index contributed by atoms with van der Waals surface area (Å²) in [4.78, 5) is 2.15. The molecule has 1 N–H and O–H groups in total. The Morgan fingerprint density at radius 1 is 1.10 bits per heavy atom. The van der Waals surface area contributed by atoms with Gasteiger partial charge in [-0.25, -0.2) is 0 Å². The van der Waals surface area contributed by atoms with Crippen LogP contribution in [-0.4, -0.2) is 20.1 Å². The standard InChI is InChI=1S/C18H27ClN2/c1-21(2)17-6-5-14(19)13-16(17)20-15-7-11-18(12-8-15)9-3-4-10-18/h5-6,13,15,20H,3-4,7-12H2,1-2H3. The number of hydrogen-bond acceptors (Lipinski definition) is 2. The van der Waals surface area contributed by atoms with Gasteiger partial charge in [-0.3, -0.25) is 0 Å². The molecule has 116 valence electrons. The molecular formula is C18H27ClN2. The fourth-order valence-electron chi connectivity index (χ4n) is 4.23. The van der Waals surface area contributed by atoms with Gasteiger partial charge in [-0.15, -0.1) is 0 Å². The first-order valence-corrected chi connectivity index (χ1v) is 8.69. The van der Waals surface area contributed by atoms with Crippen molar-refractivity contribution in [2.75, 3.05) is 24.3 Å². The van der Waals surface area contributed by atoms with Gasteiger partial charge in [0.2, 0.25) is 0 Å². The number of anilines is 2. The molecule has 0 unspecified atom stereocenters. The van der Waals surface area contributed by atoms with Crippen molar-refractivity contribution >= 4 is 23.0 Å². The van der Waals surface area contributed by atoms with E-state index in [0.717, 1.165) is 5.02 Å². The number of halogens is 1. The molecule has 0 heterocycles. The first-order valence-electron chi connectivity index (χ1n) is 8.31. The minimum Gasteiger partial charge on any atom is -0.381 e. The zero-order valence-corrected chi connectivity index (χ0v) is 14.0. The fraction of sp³-hybridized carbons (Fsp3) is 0.667. The molecule has 2 nitrogen and oxygen atoms in total. The quantitative estimate of drug-likeness (QED) is 0.813. The Balaban J connectivity index is 1.66. The molecule has 1 aromatic carbocycles. The third-order valence-corrected chi connectivity index (χ3v) is 5.75. The van der Waals surface area contributed by atoms with Crippen molar-refractivity contribution in [3.63, 3.8) is 0 Å². The molecule has 0 aromatic heterocycles. The Morgan fingerprint density at radius 3 is 2.38 bits per heavy atom. The van der Waals surface area contributed by atoms with Gasteiger partial charge in [0.1, 0.15) is 0 Å². The summed E-state index contributed by atoms with van der Waals surface area (Å²) < 4.78 is 0. The second-order valence-corrected chi connectivity index (χ2v) is 7.62. The van der Waals surface area contributed by atoms with Crippen molar-refractivity contribution in [2.45, 2.75) is 57.4 Å². The van der Waals surface area contributed by atoms with E-state index in [1.807, 2.05) is 6.07 Å². The van der Waals surface area contributed by atoms with Crippen LogP contribution in [0.25, 0.3) is 0 Å². The second-order valence-electron chi connectivity index (χ2n) is 7.18. The highest BCUT2D eigenvalue weighted by atomic mass is 35.5. The van der Waals surface area contributed by atoms with Crippen LogP contribution < -0.4 is 10.2 Å². The zero-order chi connectivity index (χ0) is 14.9. The molecule has 2 aliphatic carbocycles. The lowest BCUT2D eigenvalue weighted by Gasteiger charge is -2.38. The van der Waals surface area contributed by atoms with Gasteiger partial charge >= 0.3 is 0 Å². The molecule has 1 aromatic rings. The molecular weight excluding hydrogens is 280 g/mol. The van der Waals surface area contributed by atoms with Gasteiger partial charge in [-0.05, 0) is 62.1 Å². The lowest BCUT2D eigenvalue weighted by molar-refractivity contribution is 0.188. The summed E-state index contributed by atoms with van der Waals surface area (Å²) in [5.41, 5.74) is 3.11. The van der Waals surface area contributed by atoms with E-state index in [-0.39, 0.29) is 0 Å². The van der Waals surface area contributed by atoms with Crippen LogP contribution >= 0.6 is 11.6 Å². The molecule has 2 aliphatic rings. The lowest BCUT2D eigenvalue weighted by Crippen LogP contribution is -2.32. The Hall–Kier alpha value is -0.890. The number of nitrogens with one attached hydrogen (secondary N) is 1. The van der Waals surface area contributed by atoms with Crippen molar-refractivity contribution < 1.29 is 0 Å². The van der Waals surface area contributed by atoms with Crippen LogP contribution in [0.2, 0.25) is 5.02 Å². The van der Waals surface area contributed by atoms with Crippen LogP contribution in [-0.2, 0) is 0 Å². The smallest absolute Gasteiger partial charge is 0.0597 e. The van der Waals surface area contributed by atoms with E-state index >= 15 is 0 Å². The van der Waals surface area contributed by atoms with Gasteiger partial charge in [0.15, 0.2) is 0 Å². The first-order chi connectivity index (χ1) is 10.1. The number of rotatable bonds is 3. The van der Waals surface area contributed by atoms with Crippen LogP contribution in [0, 0.1) is 5.41 Å². The van der Waals surface area contributed by atoms with Gasteiger partial charge < -0.3 is 10.2 Å². The Kier molecular flexibility index (Phi) is 4.35. The maximum Gasteiger partial charge on any atom is 0.0597 e. The molecule has 2 fully saturated rings. The first kappa shape index (κ1) is 15.0. The van der Waals surface area contributed by atoms with Crippen molar-refractivity contribution in [3.05, 3.63) is 23.2 Å². The van der Waals surface area contributed by atoms with E-state index in [9.17, 15) is 0 Å². The Morgan fingerprint density at radius 2 is 1.76 bits per heavy atom. The number of benzene rings is 1. The predicted octanol–water partition coefficient (Wildman–Crippen LogP) is 5.32. The third-order valence-electron chi connectivity index (χ3n) is 5.51. The summed E-state index contributed by atoms with van der Waals surface area (Å²) in [7, 11) is 4.17. The molecule has 0 radical (unpaired) electrons. The maximum atomic E-state index is 6.18. The summed E-state index contributed by atoms with van der Waals surface area (Å²) in [6.07, 6.45) is 11.3. The minimum atomic E-state index is 0.605. The number of hydrogen-bond donors (Lipinski definition) is 1. The van der Waals surface area contributed by atoms with Gasteiger partial charge in [0.05, 0.1) is 11.4 Å². The lowest BCUT2D eigenvalue weighted by atomic mass is 9.71. The molecule has 0 saturated heterocycles. The average molecular weight is 307 g/mol. The molecule has 0 aliphatic heterocycles. The summed E-state index contributed by atoms with van der Waals surface area (Å²) in [5.74, 6) is 0. The highest BCUT2D eigenvalue weighted by Crippen LogP contribution is 2.49. The van der Waals surface area contributed by atoms with E-state index < -0.39 is 0 Å². The van der Waals surface area contributed by atoms with Gasteiger partial charge in [-0.2, -0.15) is 0 Å². The second kappa shape index (κ2) is 6.08. The predicted molar refractivity (Wildman–Crippen MR) is 92.6 cm³/mol. The van der Waals surface area contributed by atoms with E-state index in [1.54, 1.807) is 0 Å². The third kappa shape index (κ3) is 3.31. The van der Waals surface area contributed by atoms with Crippen molar-refractivity contribution in [3.8, 4) is 0 Å². The van der Waals surface area contributed by atoms with Crippen molar-refractivity contribution in [1.82, 2.24) is 0 Å². The van der Waals surface area contributed by atoms with E-state index in [4.69, 9.17) is 11.6 Å². The summed E-state index contributed by atoms with van der Waals surface area (Å²) >= 11 is 6.18. The summed E-state index contributed by atoms with van der Waals surface area (Å²) in [5, 5.41) is 4.56. The topological polar surface area (TPSA) is 15.3 Å². The summed E-state index contributed by atoms with van der Waals surface area (Å²) in [6.45, 7) is 0. The SMILES string of the molecule is CN(C)c1ccc(Cl)cc1NC1CCC2(CCCC2)CC1. The van der Waals surface area contributed by atoms with E-state index in [0.29, 0.717) is 11.5 Å². The van der Waals surface area contributed by atoms with Gasteiger partial charge in [-0.1, -0.05) is 24.4 Å². The van der Waals surface area contributed by atoms with Crippen LogP contribution in [0.4, 0.5) is 11.4 Å². The van der Waals surface area contributed by atoms with Crippen LogP contribution in [0.5, 0.6) is 0 Å². The van der Waals surface area contributed by atoms with E-state index in [2.05, 4.69) is 36.4 Å².